The Morgan fingerprint density at radius 3 is 0.821 bits per heavy atom. The van der Waals surface area contributed by atoms with Crippen molar-refractivity contribution >= 4 is 40.5 Å². The lowest BCUT2D eigenvalue weighted by molar-refractivity contribution is -0.193. The van der Waals surface area contributed by atoms with Crippen LogP contribution in [0.25, 0.3) is 0 Å². The van der Waals surface area contributed by atoms with E-state index in [1.165, 1.54) is 0 Å². The molecule has 0 radical (unpaired) electrons. The van der Waals surface area contributed by atoms with Crippen molar-refractivity contribution in [2.75, 3.05) is 25.0 Å². The Kier molecular flexibility index (Phi) is 7.64. The Morgan fingerprint density at radius 2 is 0.643 bits per heavy atom. The predicted octanol–water partition coefficient (Wildman–Crippen LogP) is -3.90. The normalized spacial score (nSPS) is 32.9. The van der Waals surface area contributed by atoms with Crippen molar-refractivity contribution in [1.82, 2.24) is 0 Å². The zero-order valence-electron chi connectivity index (χ0n) is 14.9. The van der Waals surface area contributed by atoms with Crippen LogP contribution in [0.3, 0.4) is 0 Å². The second-order valence-electron chi connectivity index (χ2n) is 6.04. The summed E-state index contributed by atoms with van der Waals surface area (Å²) in [5, 5.41) is 20.3. The van der Waals surface area contributed by atoms with Crippen molar-refractivity contribution < 1.29 is 60.6 Å². The van der Waals surface area contributed by atoms with Gasteiger partial charge < -0.3 is 10.2 Å². The molecule has 0 amide bonds. The maximum atomic E-state index is 11.6. The van der Waals surface area contributed by atoms with E-state index in [9.17, 15) is 43.9 Å². The monoisotopic (exact) mass is 492 g/mol. The molecule has 1 aliphatic rings. The minimum absolute atomic E-state index is 0.506. The van der Waals surface area contributed by atoms with Gasteiger partial charge in [-0.25, -0.2) is 0 Å². The third-order valence-electron chi connectivity index (χ3n) is 3.14. The molecule has 1 saturated carbocycles. The Hall–Kier alpha value is -0.440. The molecule has 2 N–H and O–H groups in total. The van der Waals surface area contributed by atoms with Gasteiger partial charge in [0.25, 0.3) is 40.5 Å². The lowest BCUT2D eigenvalue weighted by Gasteiger charge is -2.44. The fraction of sp³-hybridized carbons (Fsp3) is 1.00. The average molecular weight is 493 g/mol. The first-order valence-corrected chi connectivity index (χ1v) is 14.4. The van der Waals surface area contributed by atoms with Gasteiger partial charge in [-0.15, -0.1) is 0 Å². The minimum Gasteiger partial charge on any atom is -0.387 e. The van der Waals surface area contributed by atoms with E-state index in [2.05, 4.69) is 16.7 Å². The molecule has 0 bridgehead atoms. The lowest BCUT2D eigenvalue weighted by atomic mass is 9.85. The third kappa shape index (κ3) is 8.13. The van der Waals surface area contributed by atoms with Crippen molar-refractivity contribution in [2.24, 2.45) is 0 Å². The van der Waals surface area contributed by atoms with Gasteiger partial charge in [-0.1, -0.05) is 0 Å². The van der Waals surface area contributed by atoms with E-state index in [0.29, 0.717) is 25.0 Å². The average Bonchev–Trinajstić information content (AvgIpc) is 2.39. The second-order valence-corrected chi connectivity index (χ2v) is 12.4. The van der Waals surface area contributed by atoms with E-state index in [1.54, 1.807) is 0 Å². The Balaban J connectivity index is 3.62. The summed E-state index contributed by atoms with van der Waals surface area (Å²) < 4.78 is 110. The highest BCUT2D eigenvalue weighted by molar-refractivity contribution is 7.86. The summed E-state index contributed by atoms with van der Waals surface area (Å²) in [5.41, 5.74) is 0. The van der Waals surface area contributed by atoms with Crippen LogP contribution in [-0.2, 0) is 57.2 Å². The zero-order chi connectivity index (χ0) is 22.3. The SMILES string of the molecule is CS(=O)(=O)O[C@@H]1[C@H](OS(C)(=O)=O)[C@@H](OS(C)(=O)=O)[C@@H](O)[C@H](O)[C@@H]1OS(C)(=O)=O. The minimum atomic E-state index is -4.46. The van der Waals surface area contributed by atoms with Crippen molar-refractivity contribution in [3.8, 4) is 0 Å². The van der Waals surface area contributed by atoms with Gasteiger partial charge in [-0.3, -0.25) is 16.7 Å². The van der Waals surface area contributed by atoms with Crippen LogP contribution in [0.2, 0.25) is 0 Å². The van der Waals surface area contributed by atoms with E-state index in [1.807, 2.05) is 0 Å². The summed E-state index contributed by atoms with van der Waals surface area (Å²) in [6.45, 7) is 0. The molecule has 18 heteroatoms. The van der Waals surface area contributed by atoms with Gasteiger partial charge in [0.15, 0.2) is 0 Å². The number of hydrogen-bond donors (Lipinski definition) is 2. The topological polar surface area (TPSA) is 214 Å². The van der Waals surface area contributed by atoms with E-state index in [-0.39, 0.29) is 0 Å². The van der Waals surface area contributed by atoms with Gasteiger partial charge in [0.1, 0.15) is 36.6 Å². The fourth-order valence-corrected chi connectivity index (χ4v) is 4.90. The summed E-state index contributed by atoms with van der Waals surface area (Å²) in [6, 6.07) is 0. The Labute approximate surface area is 162 Å². The first-order valence-electron chi connectivity index (χ1n) is 7.09. The number of aliphatic hydroxyl groups excluding tert-OH is 2. The molecule has 168 valence electrons. The predicted molar refractivity (Wildman–Crippen MR) is 90.9 cm³/mol. The maximum absolute atomic E-state index is 11.6. The fourth-order valence-electron chi connectivity index (χ4n) is 2.40. The van der Waals surface area contributed by atoms with Gasteiger partial charge >= 0.3 is 0 Å². The molecule has 0 aromatic rings. The van der Waals surface area contributed by atoms with Crippen LogP contribution in [0.1, 0.15) is 0 Å². The molecule has 0 aromatic carbocycles. The highest BCUT2D eigenvalue weighted by Gasteiger charge is 2.57. The zero-order valence-corrected chi connectivity index (χ0v) is 18.2. The molecule has 6 atom stereocenters. The molecule has 1 rings (SSSR count). The van der Waals surface area contributed by atoms with Crippen molar-refractivity contribution in [1.29, 1.82) is 0 Å². The van der Waals surface area contributed by atoms with Crippen LogP contribution in [-0.4, -0.2) is 106 Å². The first-order chi connectivity index (χ1) is 12.2. The molecule has 28 heavy (non-hydrogen) atoms. The second kappa shape index (κ2) is 8.36. The van der Waals surface area contributed by atoms with Crippen LogP contribution in [0.15, 0.2) is 0 Å². The van der Waals surface area contributed by atoms with Crippen LogP contribution in [0, 0.1) is 0 Å². The molecule has 0 aromatic heterocycles. The largest absolute Gasteiger partial charge is 0.387 e. The molecular formula is C10H20O14S4. The molecule has 0 unspecified atom stereocenters. The van der Waals surface area contributed by atoms with Gasteiger partial charge in [-0.2, -0.15) is 33.7 Å². The third-order valence-corrected chi connectivity index (χ3v) is 5.43. The summed E-state index contributed by atoms with van der Waals surface area (Å²) in [5.74, 6) is 0. The highest BCUT2D eigenvalue weighted by atomic mass is 32.2. The highest BCUT2D eigenvalue weighted by Crippen LogP contribution is 2.33. The van der Waals surface area contributed by atoms with Gasteiger partial charge in [0.05, 0.1) is 25.0 Å². The Morgan fingerprint density at radius 1 is 0.464 bits per heavy atom. The smallest absolute Gasteiger partial charge is 0.264 e. The Bertz CT molecular complexity index is 897. The number of hydrogen-bond acceptors (Lipinski definition) is 14. The number of aliphatic hydroxyl groups is 2. The van der Waals surface area contributed by atoms with Crippen molar-refractivity contribution in [3.05, 3.63) is 0 Å². The van der Waals surface area contributed by atoms with Crippen LogP contribution in [0.4, 0.5) is 0 Å². The molecule has 1 fully saturated rings. The van der Waals surface area contributed by atoms with E-state index < -0.39 is 77.1 Å². The first kappa shape index (κ1) is 25.6. The molecule has 0 saturated heterocycles. The van der Waals surface area contributed by atoms with Crippen LogP contribution < -0.4 is 0 Å². The standard InChI is InChI=1S/C10H20O14S4/c1-25(13,14)21-7-5(11)6(12)8(22-26(2,15)16)10(24-28(4,19)20)9(7)23-27(3,17)18/h5-12H,1-4H3/t5-,6-,7-,8-,9-,10+/m0/s1. The lowest BCUT2D eigenvalue weighted by Crippen LogP contribution is -2.67. The van der Waals surface area contributed by atoms with Gasteiger partial charge in [-0.05, 0) is 0 Å². The molecule has 0 heterocycles. The molecule has 0 spiro atoms. The molecule has 1 aliphatic carbocycles. The quantitative estimate of drug-likeness (QED) is 0.310. The maximum Gasteiger partial charge on any atom is 0.264 e. The van der Waals surface area contributed by atoms with Crippen molar-refractivity contribution in [2.45, 2.75) is 36.6 Å². The van der Waals surface area contributed by atoms with E-state index in [4.69, 9.17) is 0 Å². The summed E-state index contributed by atoms with van der Waals surface area (Å²) in [7, 11) is -17.7. The van der Waals surface area contributed by atoms with Crippen LogP contribution in [0.5, 0.6) is 0 Å². The summed E-state index contributed by atoms with van der Waals surface area (Å²) in [4.78, 5) is 0. The molecular weight excluding hydrogens is 472 g/mol. The van der Waals surface area contributed by atoms with Crippen LogP contribution >= 0.6 is 0 Å². The summed E-state index contributed by atoms with van der Waals surface area (Å²) in [6.07, 6.45) is -11.3. The van der Waals surface area contributed by atoms with Gasteiger partial charge in [0.2, 0.25) is 0 Å². The number of rotatable bonds is 8. The molecule has 0 aliphatic heterocycles. The van der Waals surface area contributed by atoms with Crippen molar-refractivity contribution in [3.63, 3.8) is 0 Å². The molecule has 14 nitrogen and oxygen atoms in total. The van der Waals surface area contributed by atoms with E-state index in [0.717, 1.165) is 0 Å². The van der Waals surface area contributed by atoms with E-state index >= 15 is 0 Å². The van der Waals surface area contributed by atoms with Gasteiger partial charge in [0, 0.05) is 0 Å². The summed E-state index contributed by atoms with van der Waals surface area (Å²) >= 11 is 0.